The van der Waals surface area contributed by atoms with E-state index >= 15 is 0 Å². The normalized spacial score (nSPS) is 11.8. The SMILES string of the molecule is Cc1ccc(S(=O)(=O)NCCn2c(-c3ccncc3)nc3cccnc32)cc1C. The van der Waals surface area contributed by atoms with Crippen LogP contribution in [-0.2, 0) is 16.6 Å². The molecular formula is C21H21N5O2S. The summed E-state index contributed by atoms with van der Waals surface area (Å²) in [6, 6.07) is 12.6. The van der Waals surface area contributed by atoms with Crippen molar-refractivity contribution < 1.29 is 8.42 Å². The van der Waals surface area contributed by atoms with Crippen LogP contribution < -0.4 is 4.72 Å². The molecule has 0 unspecified atom stereocenters. The molecular weight excluding hydrogens is 386 g/mol. The fourth-order valence-corrected chi connectivity index (χ4v) is 4.25. The molecule has 7 nitrogen and oxygen atoms in total. The highest BCUT2D eigenvalue weighted by Crippen LogP contribution is 2.23. The van der Waals surface area contributed by atoms with Crippen LogP contribution in [-0.4, -0.2) is 34.5 Å². The summed E-state index contributed by atoms with van der Waals surface area (Å²) < 4.78 is 30.0. The molecule has 1 aromatic carbocycles. The maximum Gasteiger partial charge on any atom is 0.240 e. The van der Waals surface area contributed by atoms with Gasteiger partial charge in [-0.05, 0) is 61.4 Å². The minimum absolute atomic E-state index is 0.218. The highest BCUT2D eigenvalue weighted by molar-refractivity contribution is 7.89. The van der Waals surface area contributed by atoms with Crippen LogP contribution >= 0.6 is 0 Å². The average molecular weight is 407 g/mol. The van der Waals surface area contributed by atoms with Crippen molar-refractivity contribution >= 4 is 21.2 Å². The molecule has 8 heteroatoms. The van der Waals surface area contributed by atoms with Crippen molar-refractivity contribution in [2.75, 3.05) is 6.54 Å². The van der Waals surface area contributed by atoms with Crippen LogP contribution in [0, 0.1) is 13.8 Å². The number of hydrogen-bond acceptors (Lipinski definition) is 5. The van der Waals surface area contributed by atoms with Crippen LogP contribution in [0.3, 0.4) is 0 Å². The number of benzene rings is 1. The fourth-order valence-electron chi connectivity index (χ4n) is 3.15. The van der Waals surface area contributed by atoms with Crippen molar-refractivity contribution in [3.05, 3.63) is 72.2 Å². The molecule has 4 rings (SSSR count). The summed E-state index contributed by atoms with van der Waals surface area (Å²) in [6.45, 7) is 4.47. The predicted octanol–water partition coefficient (Wildman–Crippen LogP) is 3.09. The van der Waals surface area contributed by atoms with E-state index in [-0.39, 0.29) is 11.4 Å². The van der Waals surface area contributed by atoms with E-state index in [1.54, 1.807) is 30.7 Å². The largest absolute Gasteiger partial charge is 0.307 e. The molecule has 0 radical (unpaired) electrons. The number of rotatable bonds is 6. The van der Waals surface area contributed by atoms with Gasteiger partial charge in [-0.2, -0.15) is 0 Å². The second kappa shape index (κ2) is 7.73. The maximum atomic E-state index is 12.7. The Morgan fingerprint density at radius 1 is 1.00 bits per heavy atom. The Morgan fingerprint density at radius 2 is 1.79 bits per heavy atom. The first-order valence-electron chi connectivity index (χ1n) is 9.24. The lowest BCUT2D eigenvalue weighted by atomic mass is 10.1. The zero-order chi connectivity index (χ0) is 20.4. The smallest absolute Gasteiger partial charge is 0.240 e. The molecule has 0 atom stereocenters. The van der Waals surface area contributed by atoms with Crippen molar-refractivity contribution in [3.8, 4) is 11.4 Å². The zero-order valence-electron chi connectivity index (χ0n) is 16.2. The van der Waals surface area contributed by atoms with Gasteiger partial charge in [0.05, 0.1) is 4.90 Å². The highest BCUT2D eigenvalue weighted by Gasteiger charge is 2.17. The van der Waals surface area contributed by atoms with Gasteiger partial charge in [-0.25, -0.2) is 23.1 Å². The zero-order valence-corrected chi connectivity index (χ0v) is 17.0. The Bertz CT molecular complexity index is 1270. The van der Waals surface area contributed by atoms with Crippen molar-refractivity contribution in [2.45, 2.75) is 25.3 Å². The molecule has 29 heavy (non-hydrogen) atoms. The topological polar surface area (TPSA) is 89.8 Å². The predicted molar refractivity (Wildman–Crippen MR) is 112 cm³/mol. The summed E-state index contributed by atoms with van der Waals surface area (Å²) >= 11 is 0. The second-order valence-corrected chi connectivity index (χ2v) is 8.58. The maximum absolute atomic E-state index is 12.7. The third kappa shape index (κ3) is 3.90. The van der Waals surface area contributed by atoms with Crippen LogP contribution in [0.1, 0.15) is 11.1 Å². The first kappa shape index (κ1) is 19.2. The Morgan fingerprint density at radius 3 is 2.55 bits per heavy atom. The number of fused-ring (bicyclic) bond motifs is 1. The number of pyridine rings is 2. The molecule has 0 spiro atoms. The lowest BCUT2D eigenvalue weighted by Gasteiger charge is -2.11. The van der Waals surface area contributed by atoms with E-state index in [0.29, 0.717) is 12.2 Å². The van der Waals surface area contributed by atoms with Gasteiger partial charge in [-0.3, -0.25) is 4.98 Å². The number of sulfonamides is 1. The summed E-state index contributed by atoms with van der Waals surface area (Å²) in [5.41, 5.74) is 4.37. The standard InChI is InChI=1S/C21H21N5O2S/c1-15-5-6-18(14-16(15)2)29(27,28)24-12-13-26-20(17-7-10-22-11-8-17)25-19-4-3-9-23-21(19)26/h3-11,14,24H,12-13H2,1-2H3. The van der Waals surface area contributed by atoms with Crippen LogP contribution in [0.2, 0.25) is 0 Å². The van der Waals surface area contributed by atoms with Crippen LogP contribution in [0.4, 0.5) is 0 Å². The molecule has 0 saturated heterocycles. The molecule has 0 bridgehead atoms. The molecule has 4 aromatic rings. The van der Waals surface area contributed by atoms with Crippen LogP contribution in [0.25, 0.3) is 22.6 Å². The summed E-state index contributed by atoms with van der Waals surface area (Å²) in [4.78, 5) is 13.4. The minimum Gasteiger partial charge on any atom is -0.307 e. The van der Waals surface area contributed by atoms with Crippen molar-refractivity contribution in [1.82, 2.24) is 24.2 Å². The van der Waals surface area contributed by atoms with Gasteiger partial charge in [0.1, 0.15) is 11.3 Å². The van der Waals surface area contributed by atoms with Crippen molar-refractivity contribution in [3.63, 3.8) is 0 Å². The van der Waals surface area contributed by atoms with Crippen molar-refractivity contribution in [1.29, 1.82) is 0 Å². The van der Waals surface area contributed by atoms with E-state index in [9.17, 15) is 8.42 Å². The van der Waals surface area contributed by atoms with Crippen LogP contribution in [0.5, 0.6) is 0 Å². The van der Waals surface area contributed by atoms with E-state index in [1.807, 2.05) is 48.7 Å². The van der Waals surface area contributed by atoms with E-state index in [4.69, 9.17) is 0 Å². The monoisotopic (exact) mass is 407 g/mol. The van der Waals surface area contributed by atoms with Crippen molar-refractivity contribution in [2.24, 2.45) is 0 Å². The second-order valence-electron chi connectivity index (χ2n) is 6.81. The molecule has 0 aliphatic rings. The fraction of sp³-hybridized carbons (Fsp3) is 0.190. The summed E-state index contributed by atoms with van der Waals surface area (Å²) in [5, 5.41) is 0. The van der Waals surface area contributed by atoms with Gasteiger partial charge >= 0.3 is 0 Å². The summed E-state index contributed by atoms with van der Waals surface area (Å²) in [7, 11) is -3.60. The van der Waals surface area contributed by atoms with Gasteiger partial charge in [0.2, 0.25) is 10.0 Å². The van der Waals surface area contributed by atoms with E-state index < -0.39 is 10.0 Å². The molecule has 1 N–H and O–H groups in total. The molecule has 3 heterocycles. The van der Waals surface area contributed by atoms with E-state index in [1.165, 1.54) is 0 Å². The highest BCUT2D eigenvalue weighted by atomic mass is 32.2. The van der Waals surface area contributed by atoms with Crippen LogP contribution in [0.15, 0.2) is 66.0 Å². The molecule has 0 amide bonds. The van der Waals surface area contributed by atoms with Gasteiger partial charge in [-0.1, -0.05) is 6.07 Å². The Labute approximate surface area is 169 Å². The summed E-state index contributed by atoms with van der Waals surface area (Å²) in [5.74, 6) is 0.728. The number of aryl methyl sites for hydroxylation is 2. The molecule has 0 aliphatic carbocycles. The lowest BCUT2D eigenvalue weighted by Crippen LogP contribution is -2.27. The van der Waals surface area contributed by atoms with Gasteiger partial charge in [0, 0.05) is 37.2 Å². The quantitative estimate of drug-likeness (QED) is 0.530. The van der Waals surface area contributed by atoms with E-state index in [2.05, 4.69) is 19.7 Å². The third-order valence-corrected chi connectivity index (χ3v) is 6.32. The number of nitrogens with one attached hydrogen (secondary N) is 1. The van der Waals surface area contributed by atoms with E-state index in [0.717, 1.165) is 28.0 Å². The Hall–Kier alpha value is -3.10. The number of nitrogens with zero attached hydrogens (tertiary/aromatic N) is 4. The number of imidazole rings is 1. The third-order valence-electron chi connectivity index (χ3n) is 4.86. The van der Waals surface area contributed by atoms with Gasteiger partial charge in [-0.15, -0.1) is 0 Å². The molecule has 148 valence electrons. The average Bonchev–Trinajstić information content (AvgIpc) is 3.09. The molecule has 0 aliphatic heterocycles. The Kier molecular flexibility index (Phi) is 5.12. The van der Waals surface area contributed by atoms with Gasteiger partial charge in [0.15, 0.2) is 5.65 Å². The van der Waals surface area contributed by atoms with Gasteiger partial charge in [0.25, 0.3) is 0 Å². The molecule has 0 fully saturated rings. The van der Waals surface area contributed by atoms with Gasteiger partial charge < -0.3 is 4.57 Å². The Balaban J connectivity index is 1.60. The lowest BCUT2D eigenvalue weighted by molar-refractivity contribution is 0.574. The number of hydrogen-bond donors (Lipinski definition) is 1. The first-order chi connectivity index (χ1) is 14.0. The minimum atomic E-state index is -3.60. The number of aromatic nitrogens is 4. The molecule has 3 aromatic heterocycles. The first-order valence-corrected chi connectivity index (χ1v) is 10.7. The molecule has 0 saturated carbocycles. The summed E-state index contributed by atoms with van der Waals surface area (Å²) in [6.07, 6.45) is 5.11.